The van der Waals surface area contributed by atoms with E-state index in [0.29, 0.717) is 22.9 Å². The number of aromatic nitrogens is 1. The van der Waals surface area contributed by atoms with E-state index in [1.165, 1.54) is 41.8 Å². The van der Waals surface area contributed by atoms with Crippen LogP contribution in [0.5, 0.6) is 0 Å². The molecule has 0 bridgehead atoms. The zero-order valence-electron chi connectivity index (χ0n) is 19.0. The molecule has 4 rings (SSSR count). The smallest absolute Gasteiger partial charge is 0.243 e. The third-order valence-corrected chi connectivity index (χ3v) is 7.16. The number of rotatable bonds is 9. The first-order chi connectivity index (χ1) is 16.8. The Kier molecular flexibility index (Phi) is 7.38. The molecule has 7 nitrogen and oxygen atoms in total. The molecule has 0 unspecified atom stereocenters. The number of anilines is 1. The molecule has 1 N–H and O–H groups in total. The molecule has 0 atom stereocenters. The lowest BCUT2D eigenvalue weighted by molar-refractivity contribution is -0.116. The number of halogens is 1. The molecule has 0 radical (unpaired) electrons. The van der Waals surface area contributed by atoms with Crippen molar-refractivity contribution in [2.24, 2.45) is 0 Å². The van der Waals surface area contributed by atoms with E-state index in [1.54, 1.807) is 24.3 Å². The fourth-order valence-corrected chi connectivity index (χ4v) is 4.59. The van der Waals surface area contributed by atoms with Crippen LogP contribution in [-0.2, 0) is 27.8 Å². The lowest BCUT2D eigenvalue weighted by Gasteiger charge is -2.17. The van der Waals surface area contributed by atoms with Crippen molar-refractivity contribution in [2.45, 2.75) is 24.3 Å². The minimum Gasteiger partial charge on any atom is -0.441 e. The zero-order chi connectivity index (χ0) is 24.8. The molecule has 0 saturated carbocycles. The van der Waals surface area contributed by atoms with Gasteiger partial charge >= 0.3 is 0 Å². The molecule has 0 aliphatic carbocycles. The molecule has 35 heavy (non-hydrogen) atoms. The van der Waals surface area contributed by atoms with Crippen molar-refractivity contribution in [3.05, 3.63) is 102 Å². The summed E-state index contributed by atoms with van der Waals surface area (Å²) in [5.41, 5.74) is 2.07. The van der Waals surface area contributed by atoms with Gasteiger partial charge in [-0.25, -0.2) is 17.8 Å². The Balaban J connectivity index is 1.31. The molecule has 180 valence electrons. The first kappa shape index (κ1) is 24.3. The van der Waals surface area contributed by atoms with Crippen LogP contribution in [0.15, 0.2) is 94.4 Å². The number of carbonyl (C=O) groups is 1. The maximum absolute atomic E-state index is 13.1. The number of hydrogen-bond acceptors (Lipinski definition) is 5. The summed E-state index contributed by atoms with van der Waals surface area (Å²) in [5.74, 6) is 0.287. The summed E-state index contributed by atoms with van der Waals surface area (Å²) < 4.78 is 45.7. The number of nitrogens with zero attached hydrogens (tertiary/aromatic N) is 2. The fraction of sp³-hybridized carbons (Fsp3) is 0.154. The number of oxazole rings is 1. The van der Waals surface area contributed by atoms with E-state index in [0.717, 1.165) is 5.56 Å². The number of carbonyl (C=O) groups excluding carboxylic acids is 1. The molecule has 9 heteroatoms. The van der Waals surface area contributed by atoms with Gasteiger partial charge in [-0.05, 0) is 54.1 Å². The van der Waals surface area contributed by atoms with Crippen LogP contribution >= 0.6 is 0 Å². The van der Waals surface area contributed by atoms with E-state index >= 15 is 0 Å². The van der Waals surface area contributed by atoms with Crippen molar-refractivity contribution in [2.75, 3.05) is 12.4 Å². The Morgan fingerprint density at radius 1 is 1.00 bits per heavy atom. The quantitative estimate of drug-likeness (QED) is 0.359. The molecular formula is C26H24FN3O4S. The summed E-state index contributed by atoms with van der Waals surface area (Å²) >= 11 is 0. The number of nitrogens with one attached hydrogen (secondary N) is 1. The van der Waals surface area contributed by atoms with Gasteiger partial charge in [-0.1, -0.05) is 30.3 Å². The van der Waals surface area contributed by atoms with Gasteiger partial charge in [0.2, 0.25) is 15.9 Å². The van der Waals surface area contributed by atoms with Crippen LogP contribution in [0, 0.1) is 5.82 Å². The lowest BCUT2D eigenvalue weighted by atomic mass is 10.2. The third kappa shape index (κ3) is 6.20. The Hall–Kier alpha value is -3.82. The predicted octanol–water partition coefficient (Wildman–Crippen LogP) is 4.87. The first-order valence-corrected chi connectivity index (χ1v) is 12.4. The molecule has 0 aliphatic rings. The fourth-order valence-electron chi connectivity index (χ4n) is 3.43. The van der Waals surface area contributed by atoms with E-state index in [4.69, 9.17) is 4.42 Å². The summed E-state index contributed by atoms with van der Waals surface area (Å²) in [4.78, 5) is 16.7. The maximum atomic E-state index is 13.1. The van der Waals surface area contributed by atoms with Gasteiger partial charge in [0.1, 0.15) is 5.82 Å². The molecule has 0 aliphatic heterocycles. The van der Waals surface area contributed by atoms with Crippen molar-refractivity contribution in [1.82, 2.24) is 9.29 Å². The molecule has 1 amide bonds. The molecule has 1 aromatic heterocycles. The number of benzene rings is 3. The van der Waals surface area contributed by atoms with Crippen molar-refractivity contribution in [3.8, 4) is 11.3 Å². The van der Waals surface area contributed by atoms with Gasteiger partial charge in [0.05, 0.1) is 11.1 Å². The molecule has 0 spiro atoms. The van der Waals surface area contributed by atoms with Gasteiger partial charge in [0.15, 0.2) is 11.7 Å². The summed E-state index contributed by atoms with van der Waals surface area (Å²) in [6.07, 6.45) is 1.95. The highest BCUT2D eigenvalue weighted by molar-refractivity contribution is 7.89. The van der Waals surface area contributed by atoms with Crippen LogP contribution in [-0.4, -0.2) is 30.7 Å². The highest BCUT2D eigenvalue weighted by atomic mass is 32.2. The summed E-state index contributed by atoms with van der Waals surface area (Å²) in [5, 5.41) is 2.75. The maximum Gasteiger partial charge on any atom is 0.243 e. The van der Waals surface area contributed by atoms with Crippen LogP contribution in [0.2, 0.25) is 0 Å². The van der Waals surface area contributed by atoms with Gasteiger partial charge in [0, 0.05) is 37.7 Å². The van der Waals surface area contributed by atoms with E-state index in [9.17, 15) is 17.6 Å². The molecule has 0 fully saturated rings. The van der Waals surface area contributed by atoms with Crippen LogP contribution in [0.1, 0.15) is 17.9 Å². The van der Waals surface area contributed by atoms with Crippen molar-refractivity contribution >= 4 is 21.6 Å². The van der Waals surface area contributed by atoms with Gasteiger partial charge in [0.25, 0.3) is 0 Å². The third-order valence-electron chi connectivity index (χ3n) is 5.34. The van der Waals surface area contributed by atoms with Crippen LogP contribution in [0.25, 0.3) is 11.3 Å². The number of sulfonamides is 1. The van der Waals surface area contributed by atoms with E-state index < -0.39 is 10.0 Å². The van der Waals surface area contributed by atoms with Crippen LogP contribution < -0.4 is 5.32 Å². The van der Waals surface area contributed by atoms with Gasteiger partial charge in [-0.15, -0.1) is 0 Å². The minimum atomic E-state index is -3.67. The normalized spacial score (nSPS) is 11.5. The molecular weight excluding hydrogens is 469 g/mol. The van der Waals surface area contributed by atoms with E-state index in [2.05, 4.69) is 10.3 Å². The number of amides is 1. The zero-order valence-corrected chi connectivity index (χ0v) is 19.8. The average Bonchev–Trinajstić information content (AvgIpc) is 3.33. The second-order valence-corrected chi connectivity index (χ2v) is 9.99. The van der Waals surface area contributed by atoms with E-state index in [1.807, 2.05) is 30.3 Å². The summed E-state index contributed by atoms with van der Waals surface area (Å²) in [7, 11) is -2.14. The van der Waals surface area contributed by atoms with Gasteiger partial charge < -0.3 is 9.73 Å². The highest BCUT2D eigenvalue weighted by Crippen LogP contribution is 2.22. The molecule has 3 aromatic carbocycles. The van der Waals surface area contributed by atoms with Crippen molar-refractivity contribution < 1.29 is 22.0 Å². The summed E-state index contributed by atoms with van der Waals surface area (Å²) in [6, 6.07) is 21.2. The van der Waals surface area contributed by atoms with Gasteiger partial charge in [-0.2, -0.15) is 4.31 Å². The lowest BCUT2D eigenvalue weighted by Crippen LogP contribution is -2.26. The SMILES string of the molecule is CN(Cc1ccccc1)S(=O)(=O)c1ccc(NC(=O)CCc2ncc(-c3ccc(F)cc3)o2)cc1. The monoisotopic (exact) mass is 493 g/mol. The van der Waals surface area contributed by atoms with Crippen LogP contribution in [0.3, 0.4) is 0 Å². The minimum absolute atomic E-state index is 0.128. The predicted molar refractivity (Wildman–Crippen MR) is 130 cm³/mol. The second kappa shape index (κ2) is 10.6. The highest BCUT2D eigenvalue weighted by Gasteiger charge is 2.21. The Morgan fingerprint density at radius 3 is 2.37 bits per heavy atom. The Morgan fingerprint density at radius 2 is 1.69 bits per heavy atom. The van der Waals surface area contributed by atoms with Crippen molar-refractivity contribution in [3.63, 3.8) is 0 Å². The summed E-state index contributed by atoms with van der Waals surface area (Å²) in [6.45, 7) is 0.255. The Labute approximate surface area is 203 Å². The second-order valence-electron chi connectivity index (χ2n) is 7.94. The van der Waals surface area contributed by atoms with Crippen LogP contribution in [0.4, 0.5) is 10.1 Å². The van der Waals surface area contributed by atoms with Crippen molar-refractivity contribution in [1.29, 1.82) is 0 Å². The van der Waals surface area contributed by atoms with Gasteiger partial charge in [-0.3, -0.25) is 4.79 Å². The largest absolute Gasteiger partial charge is 0.441 e. The molecule has 0 saturated heterocycles. The number of hydrogen-bond donors (Lipinski definition) is 1. The average molecular weight is 494 g/mol. The Bertz CT molecular complexity index is 1390. The molecule has 1 heterocycles. The molecule has 4 aromatic rings. The first-order valence-electron chi connectivity index (χ1n) is 10.9. The van der Waals surface area contributed by atoms with E-state index in [-0.39, 0.29) is 36.0 Å². The number of aryl methyl sites for hydroxylation is 1. The standard InChI is InChI=1S/C26H24FN3O4S/c1-30(18-19-5-3-2-4-6-19)35(32,33)23-13-11-22(12-14-23)29-25(31)15-16-26-28-17-24(34-26)20-7-9-21(27)10-8-20/h2-14,17H,15-16,18H2,1H3,(H,29,31). The topological polar surface area (TPSA) is 92.5 Å².